The van der Waals surface area contributed by atoms with Crippen molar-refractivity contribution in [2.45, 2.75) is 0 Å². The molecular weight excluding hydrogens is 137 g/mol. The highest BCUT2D eigenvalue weighted by atomic mass is 35.5. The number of aromatic nitrogens is 1. The van der Waals surface area contributed by atoms with Gasteiger partial charge in [-0.15, -0.1) is 0 Å². The normalized spacial score (nSPS) is 9.43. The predicted molar refractivity (Wildman–Crippen MR) is 26.5 cm³/mol. The van der Waals surface area contributed by atoms with Gasteiger partial charge in [0.05, 0.1) is 0 Å². The molecule has 0 unspecified atom stereocenters. The van der Waals surface area contributed by atoms with Gasteiger partial charge in [0, 0.05) is 0 Å². The van der Waals surface area contributed by atoms with Crippen LogP contribution in [0, 0.1) is 0 Å². The van der Waals surface area contributed by atoms with Crippen LogP contribution in [0.1, 0.15) is 0 Å². The third-order valence-corrected chi connectivity index (χ3v) is 0.795. The van der Waals surface area contributed by atoms with E-state index in [-0.39, 0.29) is 10.5 Å². The van der Waals surface area contributed by atoms with Gasteiger partial charge in [-0.2, -0.15) is 4.98 Å². The van der Waals surface area contributed by atoms with E-state index in [0.29, 0.717) is 0 Å². The second kappa shape index (κ2) is 1.72. The number of hydrogen-bond acceptors (Lipinski definition) is 2. The van der Waals surface area contributed by atoms with E-state index < -0.39 is 0 Å². The Morgan fingerprint density at radius 3 is 2.43 bits per heavy atom. The number of rotatable bonds is 0. The van der Waals surface area contributed by atoms with Crippen molar-refractivity contribution in [1.29, 1.82) is 0 Å². The molecule has 1 heterocycles. The van der Waals surface area contributed by atoms with E-state index in [0.717, 1.165) is 0 Å². The Hall–Kier alpha value is -0.210. The Kier molecular flexibility index (Phi) is 1.21. The van der Waals surface area contributed by atoms with Crippen molar-refractivity contribution in [3.63, 3.8) is 0 Å². The molecule has 0 spiro atoms. The minimum absolute atomic E-state index is 0.0741. The van der Waals surface area contributed by atoms with Gasteiger partial charge in [-0.25, -0.2) is 0 Å². The van der Waals surface area contributed by atoms with Gasteiger partial charge in [0.1, 0.15) is 6.26 Å². The van der Waals surface area contributed by atoms with Gasteiger partial charge in [-0.1, -0.05) is 11.6 Å². The van der Waals surface area contributed by atoms with Crippen LogP contribution in [-0.2, 0) is 0 Å². The summed E-state index contributed by atoms with van der Waals surface area (Å²) in [6, 6.07) is 0. The SMILES string of the molecule is Clc1coc(Cl)n1. The molecule has 0 aliphatic carbocycles. The van der Waals surface area contributed by atoms with Crippen LogP contribution in [-0.4, -0.2) is 4.98 Å². The lowest BCUT2D eigenvalue weighted by molar-refractivity contribution is 0.560. The van der Waals surface area contributed by atoms with Crippen LogP contribution in [0.25, 0.3) is 0 Å². The minimum atomic E-state index is 0.0741. The molecule has 0 aliphatic heterocycles. The Labute approximate surface area is 50.1 Å². The largest absolute Gasteiger partial charge is 0.435 e. The molecule has 0 aliphatic rings. The van der Waals surface area contributed by atoms with E-state index in [1.54, 1.807) is 0 Å². The molecule has 0 bridgehead atoms. The summed E-state index contributed by atoms with van der Waals surface area (Å²) < 4.78 is 4.49. The highest BCUT2D eigenvalue weighted by Gasteiger charge is 1.92. The van der Waals surface area contributed by atoms with Crippen LogP contribution >= 0.6 is 23.2 Å². The first-order chi connectivity index (χ1) is 3.29. The fourth-order valence-electron chi connectivity index (χ4n) is 0.234. The molecule has 1 aromatic heterocycles. The summed E-state index contributed by atoms with van der Waals surface area (Å²) in [7, 11) is 0. The lowest BCUT2D eigenvalue weighted by Gasteiger charge is -1.64. The van der Waals surface area contributed by atoms with E-state index in [1.807, 2.05) is 0 Å². The summed E-state index contributed by atoms with van der Waals surface area (Å²) in [5.74, 6) is 0. The first-order valence-electron chi connectivity index (χ1n) is 1.55. The van der Waals surface area contributed by atoms with Crippen LogP contribution in [0.15, 0.2) is 10.7 Å². The first kappa shape index (κ1) is 4.94. The smallest absolute Gasteiger partial charge is 0.293 e. The van der Waals surface area contributed by atoms with Crippen LogP contribution in [0.5, 0.6) is 0 Å². The maximum absolute atomic E-state index is 5.27. The molecule has 4 heteroatoms. The summed E-state index contributed by atoms with van der Waals surface area (Å²) in [5, 5.41) is 0.356. The Bertz CT molecular complexity index is 145. The van der Waals surface area contributed by atoms with Crippen molar-refractivity contribution in [3.8, 4) is 0 Å². The average molecular weight is 138 g/mol. The van der Waals surface area contributed by atoms with Crippen molar-refractivity contribution in [3.05, 3.63) is 16.8 Å². The topological polar surface area (TPSA) is 26.0 Å². The molecule has 0 N–H and O–H groups in total. The van der Waals surface area contributed by atoms with Crippen molar-refractivity contribution < 1.29 is 4.42 Å². The summed E-state index contributed by atoms with van der Waals surface area (Å²) in [4.78, 5) is 3.48. The molecule has 1 aromatic rings. The van der Waals surface area contributed by atoms with E-state index in [4.69, 9.17) is 23.2 Å². The number of halogens is 2. The Morgan fingerprint density at radius 1 is 1.57 bits per heavy atom. The van der Waals surface area contributed by atoms with Gasteiger partial charge in [-0.3, -0.25) is 0 Å². The zero-order valence-corrected chi connectivity index (χ0v) is 4.70. The highest BCUT2D eigenvalue weighted by Crippen LogP contribution is 2.10. The lowest BCUT2D eigenvalue weighted by atomic mass is 11.0. The molecule has 0 atom stereocenters. The zero-order chi connectivity index (χ0) is 5.28. The third kappa shape index (κ3) is 1.08. The number of oxazole rings is 1. The third-order valence-electron chi connectivity index (χ3n) is 0.448. The highest BCUT2D eigenvalue weighted by molar-refractivity contribution is 6.31. The quantitative estimate of drug-likeness (QED) is 0.547. The van der Waals surface area contributed by atoms with Crippen molar-refractivity contribution >= 4 is 23.2 Å². The monoisotopic (exact) mass is 137 g/mol. The van der Waals surface area contributed by atoms with Gasteiger partial charge in [0.25, 0.3) is 5.35 Å². The molecule has 0 amide bonds. The van der Waals surface area contributed by atoms with Crippen molar-refractivity contribution in [2.75, 3.05) is 0 Å². The Morgan fingerprint density at radius 2 is 2.29 bits per heavy atom. The summed E-state index contributed by atoms with van der Waals surface area (Å²) in [6.45, 7) is 0. The summed E-state index contributed by atoms with van der Waals surface area (Å²) in [5.41, 5.74) is 0. The molecule has 0 aromatic carbocycles. The lowest BCUT2D eigenvalue weighted by Crippen LogP contribution is -1.55. The minimum Gasteiger partial charge on any atom is -0.435 e. The van der Waals surface area contributed by atoms with E-state index in [9.17, 15) is 0 Å². The fourth-order valence-corrected chi connectivity index (χ4v) is 0.534. The van der Waals surface area contributed by atoms with Gasteiger partial charge < -0.3 is 4.42 Å². The van der Waals surface area contributed by atoms with Crippen molar-refractivity contribution in [2.24, 2.45) is 0 Å². The van der Waals surface area contributed by atoms with E-state index in [1.165, 1.54) is 6.26 Å². The van der Waals surface area contributed by atoms with Crippen LogP contribution < -0.4 is 0 Å². The molecule has 1 rings (SSSR count). The van der Waals surface area contributed by atoms with E-state index >= 15 is 0 Å². The standard InChI is InChI=1S/C3HCl2NO/c4-2-1-7-3(5)6-2/h1H. The molecule has 2 nitrogen and oxygen atoms in total. The molecule has 7 heavy (non-hydrogen) atoms. The molecule has 0 radical (unpaired) electrons. The van der Waals surface area contributed by atoms with Crippen LogP contribution in [0.2, 0.25) is 10.5 Å². The molecule has 38 valence electrons. The second-order valence-corrected chi connectivity index (χ2v) is 1.63. The van der Waals surface area contributed by atoms with Crippen LogP contribution in [0.4, 0.5) is 0 Å². The summed E-state index contributed by atoms with van der Waals surface area (Å²) in [6.07, 6.45) is 1.27. The van der Waals surface area contributed by atoms with Gasteiger partial charge in [-0.05, 0) is 11.6 Å². The molecular formula is C3HCl2NO. The predicted octanol–water partition coefficient (Wildman–Crippen LogP) is 1.98. The van der Waals surface area contributed by atoms with Gasteiger partial charge >= 0.3 is 0 Å². The molecule has 0 fully saturated rings. The second-order valence-electron chi connectivity index (χ2n) is 0.923. The fraction of sp³-hybridized carbons (Fsp3) is 0. The Balaban J connectivity index is 3.04. The summed E-state index contributed by atoms with van der Waals surface area (Å²) >= 11 is 10.5. The zero-order valence-electron chi connectivity index (χ0n) is 3.19. The van der Waals surface area contributed by atoms with E-state index in [2.05, 4.69) is 9.40 Å². The number of nitrogens with zero attached hydrogens (tertiary/aromatic N) is 1. The maximum Gasteiger partial charge on any atom is 0.293 e. The van der Waals surface area contributed by atoms with Crippen LogP contribution in [0.3, 0.4) is 0 Å². The molecule has 0 saturated heterocycles. The maximum atomic E-state index is 5.27. The average Bonchev–Trinajstić information content (AvgIpc) is 1.87. The van der Waals surface area contributed by atoms with Crippen molar-refractivity contribution in [1.82, 2.24) is 4.98 Å². The number of hydrogen-bond donors (Lipinski definition) is 0. The molecule has 0 saturated carbocycles. The van der Waals surface area contributed by atoms with Gasteiger partial charge in [0.15, 0.2) is 5.15 Å². The van der Waals surface area contributed by atoms with Gasteiger partial charge in [0.2, 0.25) is 0 Å². The first-order valence-corrected chi connectivity index (χ1v) is 2.31.